The van der Waals surface area contributed by atoms with Gasteiger partial charge in [0.1, 0.15) is 0 Å². The van der Waals surface area contributed by atoms with Gasteiger partial charge in [0, 0.05) is 45.9 Å². The highest BCUT2D eigenvalue weighted by atomic mass is 16.5. The smallest absolute Gasteiger partial charge is 0.240 e. The summed E-state index contributed by atoms with van der Waals surface area (Å²) in [6.45, 7) is 4.78. The zero-order valence-corrected chi connectivity index (χ0v) is 19.3. The molecule has 3 saturated heterocycles. The Morgan fingerprint density at radius 2 is 1.97 bits per heavy atom. The van der Waals surface area contributed by atoms with Gasteiger partial charge in [0.15, 0.2) is 0 Å². The Morgan fingerprint density at radius 3 is 2.68 bits per heavy atom. The summed E-state index contributed by atoms with van der Waals surface area (Å²) >= 11 is 0. The van der Waals surface area contributed by atoms with Crippen molar-refractivity contribution in [2.75, 3.05) is 40.4 Å². The van der Waals surface area contributed by atoms with E-state index in [1.54, 1.807) is 7.11 Å². The molecule has 0 aromatic carbocycles. The maximum Gasteiger partial charge on any atom is 0.240 e. The molecule has 6 atom stereocenters. The topological polar surface area (TPSA) is 77.2 Å². The Balaban J connectivity index is 1.26. The van der Waals surface area contributed by atoms with E-state index in [0.29, 0.717) is 31.7 Å². The second kappa shape index (κ2) is 8.28. The van der Waals surface area contributed by atoms with E-state index >= 15 is 0 Å². The molecule has 0 aromatic heterocycles. The van der Waals surface area contributed by atoms with Crippen molar-refractivity contribution in [3.63, 3.8) is 0 Å². The average molecular weight is 434 g/mol. The molecular weight excluding hydrogens is 394 g/mol. The number of likely N-dealkylation sites (N-methyl/N-ethyl adjacent to an activating group) is 1. The van der Waals surface area contributed by atoms with Gasteiger partial charge in [-0.1, -0.05) is 12.8 Å². The van der Waals surface area contributed by atoms with Crippen molar-refractivity contribution in [3.8, 4) is 0 Å². The van der Waals surface area contributed by atoms with Crippen LogP contribution in [-0.4, -0.2) is 96.7 Å². The molecule has 0 bridgehead atoms. The Bertz CT molecular complexity index is 699. The molecule has 0 radical (unpaired) electrons. The molecule has 6 unspecified atom stereocenters. The Hall–Kier alpha value is -1.22. The largest absolute Gasteiger partial charge is 0.382 e. The standard InChI is InChI=1S/C23H39N5O3/c1-15-12-28-20(17(11-24-28)21(29)26(2)23(8-9-23)14-31-3)13-27(15)22(30)19-10-16-6-4-5-7-18(16)25-19/h15-20,24-25H,4-14H2,1-3H3. The number of nitrogens with zero attached hydrogens (tertiary/aromatic N) is 3. The van der Waals surface area contributed by atoms with Crippen LogP contribution in [0, 0.1) is 11.8 Å². The van der Waals surface area contributed by atoms with Crippen molar-refractivity contribution >= 4 is 11.8 Å². The van der Waals surface area contributed by atoms with Gasteiger partial charge >= 0.3 is 0 Å². The van der Waals surface area contributed by atoms with Crippen molar-refractivity contribution in [2.24, 2.45) is 11.8 Å². The molecule has 2 amide bonds. The highest BCUT2D eigenvalue weighted by Crippen LogP contribution is 2.42. The van der Waals surface area contributed by atoms with Crippen LogP contribution in [0.2, 0.25) is 0 Å². The molecule has 8 nitrogen and oxygen atoms in total. The van der Waals surface area contributed by atoms with Gasteiger partial charge in [0.05, 0.1) is 30.1 Å². The summed E-state index contributed by atoms with van der Waals surface area (Å²) in [5.41, 5.74) is 3.33. The number of rotatable bonds is 5. The molecule has 0 spiro atoms. The van der Waals surface area contributed by atoms with Gasteiger partial charge in [-0.25, -0.2) is 5.01 Å². The van der Waals surface area contributed by atoms with E-state index in [0.717, 1.165) is 25.8 Å². The van der Waals surface area contributed by atoms with Crippen molar-refractivity contribution in [1.82, 2.24) is 25.6 Å². The average Bonchev–Trinajstić information content (AvgIpc) is 3.24. The molecule has 2 aliphatic carbocycles. The SMILES string of the molecule is COCC1(N(C)C(=O)C2CNN3CC(C)N(C(=O)C4CC5CCCCC5N4)CC23)CC1. The van der Waals surface area contributed by atoms with Gasteiger partial charge in [0.2, 0.25) is 11.8 Å². The van der Waals surface area contributed by atoms with Crippen LogP contribution < -0.4 is 10.7 Å². The first-order valence-electron chi connectivity index (χ1n) is 12.3. The fourth-order valence-corrected chi connectivity index (χ4v) is 6.62. The lowest BCUT2D eigenvalue weighted by Crippen LogP contribution is -2.63. The lowest BCUT2D eigenvalue weighted by atomic mass is 9.85. The maximum absolute atomic E-state index is 13.5. The fraction of sp³-hybridized carbons (Fsp3) is 0.913. The van der Waals surface area contributed by atoms with E-state index < -0.39 is 0 Å². The van der Waals surface area contributed by atoms with Gasteiger partial charge in [-0.3, -0.25) is 15.0 Å². The number of piperazine rings is 1. The number of ether oxygens (including phenoxy) is 1. The Kier molecular flexibility index (Phi) is 5.78. The second-order valence-electron chi connectivity index (χ2n) is 10.7. The molecule has 174 valence electrons. The van der Waals surface area contributed by atoms with Crippen molar-refractivity contribution in [1.29, 1.82) is 0 Å². The molecule has 8 heteroatoms. The minimum Gasteiger partial charge on any atom is -0.382 e. The number of hydrogen-bond acceptors (Lipinski definition) is 6. The molecule has 5 aliphatic rings. The first-order valence-corrected chi connectivity index (χ1v) is 12.3. The van der Waals surface area contributed by atoms with Crippen LogP contribution >= 0.6 is 0 Å². The molecule has 31 heavy (non-hydrogen) atoms. The van der Waals surface area contributed by atoms with Gasteiger partial charge in [-0.2, -0.15) is 0 Å². The molecule has 2 N–H and O–H groups in total. The molecule has 5 rings (SSSR count). The number of nitrogens with one attached hydrogen (secondary N) is 2. The monoisotopic (exact) mass is 433 g/mol. The summed E-state index contributed by atoms with van der Waals surface area (Å²) in [4.78, 5) is 30.9. The fourth-order valence-electron chi connectivity index (χ4n) is 6.62. The third-order valence-corrected chi connectivity index (χ3v) is 8.80. The van der Waals surface area contributed by atoms with Crippen LogP contribution in [0.25, 0.3) is 0 Å². The summed E-state index contributed by atoms with van der Waals surface area (Å²) in [6.07, 6.45) is 8.03. The van der Waals surface area contributed by atoms with Gasteiger partial charge < -0.3 is 19.9 Å². The van der Waals surface area contributed by atoms with Crippen LogP contribution in [0.1, 0.15) is 51.9 Å². The van der Waals surface area contributed by atoms with E-state index in [9.17, 15) is 9.59 Å². The van der Waals surface area contributed by atoms with E-state index in [2.05, 4.69) is 27.6 Å². The zero-order chi connectivity index (χ0) is 21.8. The first-order chi connectivity index (χ1) is 14.9. The minimum atomic E-state index is -0.124. The van der Waals surface area contributed by atoms with Gasteiger partial charge in [-0.15, -0.1) is 0 Å². The number of fused-ring (bicyclic) bond motifs is 2. The minimum absolute atomic E-state index is 0.0390. The number of carbonyl (C=O) groups excluding carboxylic acids is 2. The Labute approximate surface area is 186 Å². The van der Waals surface area contributed by atoms with E-state index in [-0.39, 0.29) is 41.4 Å². The van der Waals surface area contributed by atoms with Gasteiger partial charge in [-0.05, 0) is 44.9 Å². The summed E-state index contributed by atoms with van der Waals surface area (Å²) < 4.78 is 5.39. The van der Waals surface area contributed by atoms with E-state index in [4.69, 9.17) is 4.74 Å². The van der Waals surface area contributed by atoms with Crippen LogP contribution in [-0.2, 0) is 14.3 Å². The predicted octanol–water partition coefficient (Wildman–Crippen LogP) is 0.580. The summed E-state index contributed by atoms with van der Waals surface area (Å²) in [7, 11) is 3.63. The third kappa shape index (κ3) is 3.79. The number of hydrogen-bond donors (Lipinski definition) is 2. The first kappa shape index (κ1) is 21.6. The Morgan fingerprint density at radius 1 is 1.19 bits per heavy atom. The number of methoxy groups -OCH3 is 1. The van der Waals surface area contributed by atoms with Gasteiger partial charge in [0.25, 0.3) is 0 Å². The summed E-state index contributed by atoms with van der Waals surface area (Å²) in [5, 5.41) is 5.87. The van der Waals surface area contributed by atoms with Crippen LogP contribution in [0.4, 0.5) is 0 Å². The lowest BCUT2D eigenvalue weighted by Gasteiger charge is -2.44. The van der Waals surface area contributed by atoms with Crippen molar-refractivity contribution in [2.45, 2.75) is 81.6 Å². The normalized spacial score (nSPS) is 39.1. The molecule has 3 heterocycles. The number of carbonyl (C=O) groups is 2. The lowest BCUT2D eigenvalue weighted by molar-refractivity contribution is -0.145. The highest BCUT2D eigenvalue weighted by molar-refractivity contribution is 5.84. The molecule has 2 saturated carbocycles. The van der Waals surface area contributed by atoms with Crippen molar-refractivity contribution < 1.29 is 14.3 Å². The number of amides is 2. The summed E-state index contributed by atoms with van der Waals surface area (Å²) in [6, 6.07) is 0.656. The maximum atomic E-state index is 13.5. The van der Waals surface area contributed by atoms with Crippen LogP contribution in [0.3, 0.4) is 0 Å². The van der Waals surface area contributed by atoms with E-state index in [1.807, 2.05) is 11.9 Å². The highest BCUT2D eigenvalue weighted by Gasteiger charge is 2.53. The number of hydrazine groups is 1. The predicted molar refractivity (Wildman–Crippen MR) is 117 cm³/mol. The van der Waals surface area contributed by atoms with Crippen LogP contribution in [0.5, 0.6) is 0 Å². The van der Waals surface area contributed by atoms with Crippen molar-refractivity contribution in [3.05, 3.63) is 0 Å². The molecule has 5 fully saturated rings. The van der Waals surface area contributed by atoms with E-state index in [1.165, 1.54) is 25.7 Å². The quantitative estimate of drug-likeness (QED) is 0.661. The molecular formula is C23H39N5O3. The summed E-state index contributed by atoms with van der Waals surface area (Å²) in [5.74, 6) is 0.958. The molecule has 0 aromatic rings. The zero-order valence-electron chi connectivity index (χ0n) is 19.3. The van der Waals surface area contributed by atoms with Crippen LogP contribution in [0.15, 0.2) is 0 Å². The third-order valence-electron chi connectivity index (χ3n) is 8.80. The molecule has 3 aliphatic heterocycles. The second-order valence-corrected chi connectivity index (χ2v) is 10.7.